The van der Waals surface area contributed by atoms with Gasteiger partial charge in [0.25, 0.3) is 0 Å². The van der Waals surface area contributed by atoms with Crippen LogP contribution in [0.25, 0.3) is 5.69 Å². The van der Waals surface area contributed by atoms with Gasteiger partial charge in [-0.05, 0) is 25.0 Å². The first kappa shape index (κ1) is 18.6. The highest BCUT2D eigenvalue weighted by Crippen LogP contribution is 2.36. The van der Waals surface area contributed by atoms with Crippen molar-refractivity contribution in [1.29, 1.82) is 5.26 Å². The monoisotopic (exact) mass is 384 g/mol. The van der Waals surface area contributed by atoms with Crippen molar-refractivity contribution in [3.8, 4) is 11.8 Å². The van der Waals surface area contributed by atoms with Crippen LogP contribution in [0.15, 0.2) is 18.3 Å². The number of benzene rings is 1. The molecule has 2 rings (SSSR count). The Balaban J connectivity index is 2.51. The van der Waals surface area contributed by atoms with Crippen molar-refractivity contribution in [2.24, 2.45) is 5.92 Å². The van der Waals surface area contributed by atoms with Crippen molar-refractivity contribution < 1.29 is 4.79 Å². The summed E-state index contributed by atoms with van der Waals surface area (Å²) in [5.41, 5.74) is 0.656. The summed E-state index contributed by atoms with van der Waals surface area (Å²) in [5, 5.41) is 16.9. The number of nitrogens with zero attached hydrogens (tertiary/aromatic N) is 3. The average Bonchev–Trinajstić information content (AvgIpc) is 2.96. The molecule has 126 valence electrons. The quantitative estimate of drug-likeness (QED) is 0.730. The minimum atomic E-state index is -0.172. The number of carbonyl (C=O) groups is 1. The van der Waals surface area contributed by atoms with Gasteiger partial charge >= 0.3 is 0 Å². The minimum absolute atomic E-state index is 0.149. The lowest BCUT2D eigenvalue weighted by atomic mass is 10.0. The molecule has 0 aliphatic carbocycles. The van der Waals surface area contributed by atoms with Gasteiger partial charge in [0, 0.05) is 5.92 Å². The van der Waals surface area contributed by atoms with Gasteiger partial charge in [0.2, 0.25) is 5.91 Å². The van der Waals surface area contributed by atoms with E-state index in [4.69, 9.17) is 34.8 Å². The van der Waals surface area contributed by atoms with Crippen LogP contribution in [0.5, 0.6) is 0 Å². The maximum Gasteiger partial charge on any atom is 0.228 e. The molecule has 5 nitrogen and oxygen atoms in total. The molecule has 0 spiro atoms. The number of aromatic nitrogens is 2. The van der Waals surface area contributed by atoms with E-state index >= 15 is 0 Å². The number of rotatable bonds is 5. The second-order valence-corrected chi connectivity index (χ2v) is 6.29. The van der Waals surface area contributed by atoms with E-state index in [1.807, 2.05) is 19.9 Å². The minimum Gasteiger partial charge on any atom is -0.309 e. The zero-order chi connectivity index (χ0) is 17.9. The highest BCUT2D eigenvalue weighted by atomic mass is 35.5. The van der Waals surface area contributed by atoms with Crippen LogP contribution in [-0.4, -0.2) is 15.7 Å². The van der Waals surface area contributed by atoms with Crippen molar-refractivity contribution in [2.45, 2.75) is 26.7 Å². The molecule has 1 N–H and O–H groups in total. The summed E-state index contributed by atoms with van der Waals surface area (Å²) in [7, 11) is 0. The van der Waals surface area contributed by atoms with E-state index in [0.717, 1.165) is 0 Å². The van der Waals surface area contributed by atoms with Crippen LogP contribution < -0.4 is 5.32 Å². The molecule has 1 aromatic heterocycles. The molecule has 0 radical (unpaired) electrons. The van der Waals surface area contributed by atoms with Crippen molar-refractivity contribution in [2.75, 3.05) is 5.32 Å². The zero-order valence-corrected chi connectivity index (χ0v) is 15.4. The molecule has 0 unspecified atom stereocenters. The molecular weight excluding hydrogens is 371 g/mol. The molecule has 2 aromatic rings. The third-order valence-electron chi connectivity index (χ3n) is 3.73. The van der Waals surface area contributed by atoms with Crippen molar-refractivity contribution >= 4 is 46.5 Å². The highest BCUT2D eigenvalue weighted by molar-refractivity contribution is 6.48. The van der Waals surface area contributed by atoms with Gasteiger partial charge in [0.1, 0.15) is 11.6 Å². The largest absolute Gasteiger partial charge is 0.309 e. The van der Waals surface area contributed by atoms with Gasteiger partial charge in [0.05, 0.1) is 27.0 Å². The molecule has 0 bridgehead atoms. The Hall–Kier alpha value is -1.74. The Kier molecular flexibility index (Phi) is 6.11. The summed E-state index contributed by atoms with van der Waals surface area (Å²) in [4.78, 5) is 12.4. The van der Waals surface area contributed by atoms with E-state index in [-0.39, 0.29) is 33.3 Å². The van der Waals surface area contributed by atoms with Crippen molar-refractivity contribution in [1.82, 2.24) is 9.78 Å². The molecule has 0 aliphatic heterocycles. The van der Waals surface area contributed by atoms with Crippen LogP contribution in [0.2, 0.25) is 15.1 Å². The highest BCUT2D eigenvalue weighted by Gasteiger charge is 2.21. The van der Waals surface area contributed by atoms with E-state index in [2.05, 4.69) is 10.4 Å². The predicted molar refractivity (Wildman–Crippen MR) is 96.0 cm³/mol. The maximum atomic E-state index is 12.4. The van der Waals surface area contributed by atoms with Crippen LogP contribution in [0.1, 0.15) is 32.3 Å². The summed E-state index contributed by atoms with van der Waals surface area (Å²) in [5.74, 6) is -0.0618. The average molecular weight is 386 g/mol. The van der Waals surface area contributed by atoms with Gasteiger partial charge in [-0.2, -0.15) is 10.4 Å². The maximum absolute atomic E-state index is 12.4. The lowest BCUT2D eigenvalue weighted by molar-refractivity contribution is -0.120. The fraction of sp³-hybridized carbons (Fsp3) is 0.312. The molecule has 0 atom stereocenters. The Morgan fingerprint density at radius 1 is 1.29 bits per heavy atom. The Morgan fingerprint density at radius 3 is 2.54 bits per heavy atom. The molecule has 8 heteroatoms. The van der Waals surface area contributed by atoms with Crippen molar-refractivity contribution in [3.63, 3.8) is 0 Å². The van der Waals surface area contributed by atoms with Gasteiger partial charge in [-0.25, -0.2) is 4.68 Å². The zero-order valence-electron chi connectivity index (χ0n) is 13.1. The van der Waals surface area contributed by atoms with Gasteiger partial charge < -0.3 is 5.32 Å². The van der Waals surface area contributed by atoms with Crippen LogP contribution in [0.3, 0.4) is 0 Å². The first-order chi connectivity index (χ1) is 11.4. The van der Waals surface area contributed by atoms with Gasteiger partial charge in [-0.1, -0.05) is 48.7 Å². The molecule has 0 saturated carbocycles. The Labute approximate surface area is 155 Å². The molecule has 0 saturated heterocycles. The molecular formula is C16H15Cl3N4O. The number of anilines is 1. The van der Waals surface area contributed by atoms with E-state index in [9.17, 15) is 10.1 Å². The summed E-state index contributed by atoms with van der Waals surface area (Å²) in [6, 6.07) is 5.21. The molecule has 1 amide bonds. The topological polar surface area (TPSA) is 70.7 Å². The Morgan fingerprint density at radius 2 is 1.96 bits per heavy atom. The second kappa shape index (κ2) is 7.89. The van der Waals surface area contributed by atoms with Gasteiger partial charge in [0.15, 0.2) is 5.82 Å². The smallest absolute Gasteiger partial charge is 0.228 e. The van der Waals surface area contributed by atoms with E-state index in [0.29, 0.717) is 23.6 Å². The fourth-order valence-corrected chi connectivity index (χ4v) is 2.90. The first-order valence-electron chi connectivity index (χ1n) is 7.37. The van der Waals surface area contributed by atoms with Gasteiger partial charge in [-0.3, -0.25) is 4.79 Å². The number of carbonyl (C=O) groups excluding carboxylic acids is 1. The molecule has 1 aromatic carbocycles. The van der Waals surface area contributed by atoms with Crippen molar-refractivity contribution in [3.05, 3.63) is 39.0 Å². The summed E-state index contributed by atoms with van der Waals surface area (Å²) < 4.78 is 1.38. The summed E-state index contributed by atoms with van der Waals surface area (Å²) >= 11 is 18.2. The number of hydrogen-bond donors (Lipinski definition) is 1. The molecule has 0 aliphatic rings. The molecule has 0 fully saturated rings. The number of halogens is 3. The fourth-order valence-electron chi connectivity index (χ4n) is 2.29. The number of hydrogen-bond acceptors (Lipinski definition) is 3. The number of nitriles is 1. The SMILES string of the molecule is CCC(CC)C(=O)Nc1c(C#N)cnn1-c1ccc(Cl)c(Cl)c1Cl. The lowest BCUT2D eigenvalue weighted by Gasteiger charge is -2.15. The predicted octanol–water partition coefficient (Wildman–Crippen LogP) is 5.08. The Bertz CT molecular complexity index is 806. The van der Waals surface area contributed by atoms with Crippen LogP contribution in [0, 0.1) is 17.2 Å². The molecule has 1 heterocycles. The lowest BCUT2D eigenvalue weighted by Crippen LogP contribution is -2.23. The molecule has 24 heavy (non-hydrogen) atoms. The summed E-state index contributed by atoms with van der Waals surface area (Å²) in [6.45, 7) is 3.87. The van der Waals surface area contributed by atoms with Gasteiger partial charge in [-0.15, -0.1) is 0 Å². The third kappa shape index (κ3) is 3.51. The van der Waals surface area contributed by atoms with E-state index in [1.54, 1.807) is 12.1 Å². The number of nitrogens with one attached hydrogen (secondary N) is 1. The van der Waals surface area contributed by atoms with E-state index < -0.39 is 0 Å². The van der Waals surface area contributed by atoms with E-state index in [1.165, 1.54) is 10.9 Å². The second-order valence-electron chi connectivity index (χ2n) is 5.13. The number of amides is 1. The van der Waals surface area contributed by atoms with Crippen LogP contribution in [-0.2, 0) is 4.79 Å². The normalized spacial score (nSPS) is 10.7. The standard InChI is InChI=1S/C16H15Cl3N4O/c1-3-9(4-2)16(24)22-15-10(7-20)8-21-23(15)12-6-5-11(17)13(18)14(12)19/h5-6,8-9H,3-4H2,1-2H3,(H,22,24). The summed E-state index contributed by atoms with van der Waals surface area (Å²) in [6.07, 6.45) is 2.76. The first-order valence-corrected chi connectivity index (χ1v) is 8.50. The van der Waals surface area contributed by atoms with Crippen LogP contribution >= 0.6 is 34.8 Å². The third-order valence-corrected chi connectivity index (χ3v) is 5.01. The van der Waals surface area contributed by atoms with Crippen LogP contribution in [0.4, 0.5) is 5.82 Å².